The summed E-state index contributed by atoms with van der Waals surface area (Å²) in [7, 11) is 2.06. The summed E-state index contributed by atoms with van der Waals surface area (Å²) >= 11 is 0. The molecule has 5 aromatic rings. The SMILES string of the molecule is C=CCN(C)C[C@H]1C[C@@H](c2ccc(CO)cc2)O[C@@H](c2cccc(-c3cccc(CNC(=O)c4cnc5ccccc5n4)c3)c2)O1. The van der Waals surface area contributed by atoms with Crippen molar-refractivity contribution in [3.63, 3.8) is 0 Å². The fourth-order valence-corrected chi connectivity index (χ4v) is 5.74. The topological polar surface area (TPSA) is 96.8 Å². The molecule has 0 spiro atoms. The molecule has 234 valence electrons. The predicted octanol–water partition coefficient (Wildman–Crippen LogP) is 6.38. The number of aliphatic hydroxyl groups is 1. The van der Waals surface area contributed by atoms with Crippen LogP contribution in [0, 0.1) is 0 Å². The van der Waals surface area contributed by atoms with E-state index in [1.54, 1.807) is 0 Å². The van der Waals surface area contributed by atoms with Crippen LogP contribution in [0.2, 0.25) is 0 Å². The van der Waals surface area contributed by atoms with Crippen molar-refractivity contribution in [2.24, 2.45) is 0 Å². The summed E-state index contributed by atoms with van der Waals surface area (Å²) < 4.78 is 13.1. The molecule has 4 aromatic carbocycles. The average Bonchev–Trinajstić information content (AvgIpc) is 3.10. The first-order valence-corrected chi connectivity index (χ1v) is 15.5. The van der Waals surface area contributed by atoms with Crippen molar-refractivity contribution in [1.82, 2.24) is 20.2 Å². The number of nitrogens with zero attached hydrogens (tertiary/aromatic N) is 3. The number of benzene rings is 4. The lowest BCUT2D eigenvalue weighted by molar-refractivity contribution is -0.252. The zero-order valence-corrected chi connectivity index (χ0v) is 25.9. The van der Waals surface area contributed by atoms with Crippen LogP contribution in [0.4, 0.5) is 0 Å². The number of hydrogen-bond donors (Lipinski definition) is 2. The van der Waals surface area contributed by atoms with E-state index in [9.17, 15) is 9.90 Å². The molecule has 2 N–H and O–H groups in total. The molecular formula is C38H38N4O4. The minimum atomic E-state index is -0.552. The van der Waals surface area contributed by atoms with Gasteiger partial charge in [-0.15, -0.1) is 6.58 Å². The van der Waals surface area contributed by atoms with Crippen LogP contribution in [0.5, 0.6) is 0 Å². The maximum atomic E-state index is 12.9. The largest absolute Gasteiger partial charge is 0.392 e. The van der Waals surface area contributed by atoms with Gasteiger partial charge in [-0.2, -0.15) is 0 Å². The number of carbonyl (C=O) groups is 1. The van der Waals surface area contributed by atoms with Gasteiger partial charge in [-0.3, -0.25) is 9.78 Å². The lowest BCUT2D eigenvalue weighted by Crippen LogP contribution is -2.37. The zero-order chi connectivity index (χ0) is 31.9. The van der Waals surface area contributed by atoms with Crippen molar-refractivity contribution >= 4 is 16.9 Å². The minimum absolute atomic E-state index is 0.00597. The molecule has 1 saturated heterocycles. The van der Waals surface area contributed by atoms with E-state index >= 15 is 0 Å². The van der Waals surface area contributed by atoms with Crippen molar-refractivity contribution in [1.29, 1.82) is 0 Å². The van der Waals surface area contributed by atoms with Crippen molar-refractivity contribution in [2.75, 3.05) is 20.1 Å². The first-order valence-electron chi connectivity index (χ1n) is 15.5. The van der Waals surface area contributed by atoms with Crippen LogP contribution >= 0.6 is 0 Å². The third kappa shape index (κ3) is 7.55. The van der Waals surface area contributed by atoms with E-state index in [-0.39, 0.29) is 30.4 Å². The van der Waals surface area contributed by atoms with Gasteiger partial charge in [-0.05, 0) is 59.1 Å². The summed E-state index contributed by atoms with van der Waals surface area (Å²) in [5.74, 6) is -0.272. The van der Waals surface area contributed by atoms with E-state index in [0.29, 0.717) is 18.5 Å². The molecule has 1 aliphatic heterocycles. The Morgan fingerprint density at radius 2 is 1.70 bits per heavy atom. The molecule has 3 atom stereocenters. The predicted molar refractivity (Wildman–Crippen MR) is 179 cm³/mol. The van der Waals surface area contributed by atoms with Gasteiger partial charge in [0.2, 0.25) is 0 Å². The van der Waals surface area contributed by atoms with Crippen molar-refractivity contribution in [3.05, 3.63) is 144 Å². The van der Waals surface area contributed by atoms with Crippen LogP contribution in [0.3, 0.4) is 0 Å². The minimum Gasteiger partial charge on any atom is -0.392 e. The van der Waals surface area contributed by atoms with Crippen LogP contribution in [-0.4, -0.2) is 52.1 Å². The van der Waals surface area contributed by atoms with Crippen molar-refractivity contribution in [2.45, 2.75) is 38.1 Å². The summed E-state index contributed by atoms with van der Waals surface area (Å²) in [6, 6.07) is 31.7. The number of likely N-dealkylation sites (N-methyl/N-ethyl adjacent to an activating group) is 1. The molecule has 1 fully saturated rings. The second-order valence-corrected chi connectivity index (χ2v) is 11.6. The summed E-state index contributed by atoms with van der Waals surface area (Å²) in [6.45, 7) is 5.74. The van der Waals surface area contributed by atoms with Gasteiger partial charge in [0.15, 0.2) is 6.29 Å². The smallest absolute Gasteiger partial charge is 0.271 e. The maximum absolute atomic E-state index is 12.9. The summed E-state index contributed by atoms with van der Waals surface area (Å²) in [5.41, 5.74) is 7.58. The zero-order valence-electron chi connectivity index (χ0n) is 25.9. The van der Waals surface area contributed by atoms with Crippen molar-refractivity contribution in [3.8, 4) is 11.1 Å². The summed E-state index contributed by atoms with van der Waals surface area (Å²) in [5, 5.41) is 12.5. The number of rotatable bonds is 11. The van der Waals surface area contributed by atoms with Gasteiger partial charge in [0.05, 0.1) is 36.0 Å². The van der Waals surface area contributed by atoms with Gasteiger partial charge in [0, 0.05) is 31.6 Å². The monoisotopic (exact) mass is 614 g/mol. The number of fused-ring (bicyclic) bond motifs is 1. The number of carbonyl (C=O) groups excluding carboxylic acids is 1. The molecule has 8 nitrogen and oxygen atoms in total. The Morgan fingerprint density at radius 1 is 0.935 bits per heavy atom. The molecule has 0 aliphatic carbocycles. The highest BCUT2D eigenvalue weighted by molar-refractivity contribution is 5.93. The Bertz CT molecular complexity index is 1810. The molecule has 2 heterocycles. The Morgan fingerprint density at radius 3 is 2.48 bits per heavy atom. The second kappa shape index (κ2) is 14.6. The van der Waals surface area contributed by atoms with E-state index in [2.05, 4.69) is 58.1 Å². The molecule has 1 aliphatic rings. The highest BCUT2D eigenvalue weighted by atomic mass is 16.7. The summed E-state index contributed by atoms with van der Waals surface area (Å²) in [4.78, 5) is 23.9. The molecule has 8 heteroatoms. The number of nitrogens with one attached hydrogen (secondary N) is 1. The molecule has 0 bridgehead atoms. The van der Waals surface area contributed by atoms with Gasteiger partial charge in [-0.25, -0.2) is 4.98 Å². The third-order valence-electron chi connectivity index (χ3n) is 8.12. The Balaban J connectivity index is 1.18. The number of para-hydroxylation sites is 2. The molecule has 0 saturated carbocycles. The molecule has 1 aromatic heterocycles. The van der Waals surface area contributed by atoms with Crippen LogP contribution in [-0.2, 0) is 22.6 Å². The number of aromatic nitrogens is 2. The summed E-state index contributed by atoms with van der Waals surface area (Å²) in [6.07, 6.45) is 3.36. The lowest BCUT2D eigenvalue weighted by Gasteiger charge is -2.37. The first-order chi connectivity index (χ1) is 22.5. The van der Waals surface area contributed by atoms with E-state index < -0.39 is 6.29 Å². The first kappa shape index (κ1) is 31.3. The third-order valence-corrected chi connectivity index (χ3v) is 8.12. The number of hydrogen-bond acceptors (Lipinski definition) is 7. The van der Waals surface area contributed by atoms with Crippen LogP contribution in [0.25, 0.3) is 22.2 Å². The highest BCUT2D eigenvalue weighted by Gasteiger charge is 2.32. The van der Waals surface area contributed by atoms with Crippen LogP contribution in [0.15, 0.2) is 116 Å². The maximum Gasteiger partial charge on any atom is 0.271 e. The Kier molecular flexibility index (Phi) is 9.91. The Labute approximate surface area is 269 Å². The van der Waals surface area contributed by atoms with Gasteiger partial charge in [-0.1, -0.05) is 78.9 Å². The Hall–Kier alpha value is -4.73. The number of ether oxygens (including phenoxy) is 2. The van der Waals surface area contributed by atoms with E-state index in [1.165, 1.54) is 6.20 Å². The quantitative estimate of drug-likeness (QED) is 0.167. The highest BCUT2D eigenvalue weighted by Crippen LogP contribution is 2.39. The number of aliphatic hydroxyl groups excluding tert-OH is 1. The molecular weight excluding hydrogens is 576 g/mol. The molecule has 1 amide bonds. The second-order valence-electron chi connectivity index (χ2n) is 11.6. The van der Waals surface area contributed by atoms with Gasteiger partial charge in [0.25, 0.3) is 5.91 Å². The molecule has 0 unspecified atom stereocenters. The standard InChI is InChI=1S/C38H38N4O4/c1-3-18-42(2)24-32-21-36(28-16-14-26(25-43)15-17-28)46-38(45-32)31-11-7-10-30(20-31)29-9-6-8-27(19-29)22-40-37(44)35-23-39-33-12-4-5-13-34(33)41-35/h3-17,19-20,23,32,36,38,43H,1,18,21-22,24-25H2,2H3,(H,40,44)/t32-,36+,38+/m1/s1. The fraction of sp³-hybridized carbons (Fsp3) is 0.237. The van der Waals surface area contributed by atoms with Gasteiger partial charge in [0.1, 0.15) is 5.69 Å². The van der Waals surface area contributed by atoms with E-state index in [0.717, 1.165) is 52.0 Å². The van der Waals surface area contributed by atoms with E-state index in [4.69, 9.17) is 9.47 Å². The van der Waals surface area contributed by atoms with Gasteiger partial charge >= 0.3 is 0 Å². The normalized spacial score (nSPS) is 18.0. The molecule has 0 radical (unpaired) electrons. The molecule has 6 rings (SSSR count). The van der Waals surface area contributed by atoms with Gasteiger partial charge < -0.3 is 24.8 Å². The average molecular weight is 615 g/mol. The van der Waals surface area contributed by atoms with Crippen molar-refractivity contribution < 1.29 is 19.4 Å². The molecule has 46 heavy (non-hydrogen) atoms. The number of amides is 1. The fourth-order valence-electron chi connectivity index (χ4n) is 5.74. The van der Waals surface area contributed by atoms with Crippen LogP contribution < -0.4 is 5.32 Å². The lowest BCUT2D eigenvalue weighted by atomic mass is 9.98. The van der Waals surface area contributed by atoms with Crippen LogP contribution in [0.1, 0.15) is 51.6 Å². The van der Waals surface area contributed by atoms with E-state index in [1.807, 2.05) is 78.9 Å².